The normalized spacial score (nSPS) is 16.3. The second-order valence-electron chi connectivity index (χ2n) is 7.86. The minimum atomic E-state index is -0.331. The van der Waals surface area contributed by atoms with E-state index in [1.165, 1.54) is 29.5 Å². The molecule has 0 saturated carbocycles. The van der Waals surface area contributed by atoms with E-state index in [1.807, 2.05) is 19.1 Å². The summed E-state index contributed by atoms with van der Waals surface area (Å²) in [4.78, 5) is 13.1. The zero-order valence-electron chi connectivity index (χ0n) is 19.4. The van der Waals surface area contributed by atoms with Gasteiger partial charge >= 0.3 is 0 Å². The molecule has 2 N–H and O–H groups in total. The Labute approximate surface area is 213 Å². The van der Waals surface area contributed by atoms with Gasteiger partial charge in [0.15, 0.2) is 17.0 Å². The third kappa shape index (κ3) is 6.50. The zero-order chi connectivity index (χ0) is 24.8. The third-order valence-electron chi connectivity index (χ3n) is 5.29. The highest BCUT2D eigenvalue weighted by Crippen LogP contribution is 2.39. The Bertz CT molecular complexity index is 1230. The number of carbonyl (C=O) groups excluding carboxylic acids is 1. The lowest BCUT2D eigenvalue weighted by atomic mass is 10.1. The van der Waals surface area contributed by atoms with Gasteiger partial charge in [-0.2, -0.15) is 0 Å². The average molecular weight is 513 g/mol. The van der Waals surface area contributed by atoms with E-state index in [1.54, 1.807) is 30.3 Å². The number of nitrogens with one attached hydrogen (secondary N) is 2. The Balaban J connectivity index is 1.49. The molecule has 35 heavy (non-hydrogen) atoms. The molecule has 0 unspecified atom stereocenters. The second-order valence-corrected chi connectivity index (χ2v) is 9.41. The Hall–Kier alpha value is -3.16. The molecule has 5 nitrogen and oxygen atoms in total. The van der Waals surface area contributed by atoms with Gasteiger partial charge in [0.05, 0.1) is 16.5 Å². The topological polar surface area (TPSA) is 59.6 Å². The number of anilines is 1. The van der Waals surface area contributed by atoms with Gasteiger partial charge in [-0.1, -0.05) is 54.6 Å². The molecule has 0 bridgehead atoms. The molecule has 1 aliphatic heterocycles. The summed E-state index contributed by atoms with van der Waals surface area (Å²) in [5.41, 5.74) is 3.29. The SMILES string of the molecule is CCOc1cc(/C=C2\S[C@@H](Nc3ccc(CC)cc3)NC2=O)cc(Cl)c1OCc1cccc(F)c1. The fourth-order valence-electron chi connectivity index (χ4n) is 3.56. The molecule has 1 heterocycles. The van der Waals surface area contributed by atoms with Crippen molar-refractivity contribution in [1.29, 1.82) is 0 Å². The second kappa shape index (κ2) is 11.5. The van der Waals surface area contributed by atoms with Crippen molar-refractivity contribution < 1.29 is 18.7 Å². The fourth-order valence-corrected chi connectivity index (χ4v) is 4.82. The van der Waals surface area contributed by atoms with E-state index in [0.717, 1.165) is 12.1 Å². The summed E-state index contributed by atoms with van der Waals surface area (Å²) in [5.74, 6) is 0.330. The van der Waals surface area contributed by atoms with E-state index in [9.17, 15) is 9.18 Å². The summed E-state index contributed by atoms with van der Waals surface area (Å²) in [6.07, 6.45) is 2.75. The van der Waals surface area contributed by atoms with Gasteiger partial charge in [0.1, 0.15) is 12.4 Å². The van der Waals surface area contributed by atoms with Crippen LogP contribution >= 0.6 is 23.4 Å². The van der Waals surface area contributed by atoms with Gasteiger partial charge in [-0.05, 0) is 72.5 Å². The molecule has 3 aromatic rings. The minimum absolute atomic E-state index is 0.142. The summed E-state index contributed by atoms with van der Waals surface area (Å²) in [6.45, 7) is 4.52. The van der Waals surface area contributed by atoms with Gasteiger partial charge in [-0.3, -0.25) is 4.79 Å². The van der Waals surface area contributed by atoms with Crippen LogP contribution in [0.3, 0.4) is 0 Å². The Kier molecular flexibility index (Phi) is 8.21. The third-order valence-corrected chi connectivity index (χ3v) is 6.60. The van der Waals surface area contributed by atoms with E-state index in [-0.39, 0.29) is 23.8 Å². The van der Waals surface area contributed by atoms with E-state index in [2.05, 4.69) is 29.7 Å². The number of amides is 1. The van der Waals surface area contributed by atoms with E-state index >= 15 is 0 Å². The average Bonchev–Trinajstić information content (AvgIpc) is 3.17. The minimum Gasteiger partial charge on any atom is -0.490 e. The van der Waals surface area contributed by atoms with Crippen LogP contribution in [-0.4, -0.2) is 18.0 Å². The van der Waals surface area contributed by atoms with E-state index in [0.29, 0.717) is 39.2 Å². The molecule has 0 radical (unpaired) electrons. The maximum Gasteiger partial charge on any atom is 0.260 e. The molecule has 0 spiro atoms. The Morgan fingerprint density at radius 2 is 1.89 bits per heavy atom. The van der Waals surface area contributed by atoms with Gasteiger partial charge in [-0.25, -0.2) is 4.39 Å². The Morgan fingerprint density at radius 1 is 1.09 bits per heavy atom. The van der Waals surface area contributed by atoms with Crippen molar-refractivity contribution in [3.05, 3.63) is 93.1 Å². The molecular formula is C27H26ClFN2O3S. The molecule has 1 aliphatic rings. The van der Waals surface area contributed by atoms with Crippen molar-refractivity contribution in [3.8, 4) is 11.5 Å². The van der Waals surface area contributed by atoms with Crippen LogP contribution in [0.4, 0.5) is 10.1 Å². The number of thioether (sulfide) groups is 1. The largest absolute Gasteiger partial charge is 0.490 e. The van der Waals surface area contributed by atoms with Gasteiger partial charge in [0.25, 0.3) is 5.91 Å². The lowest BCUT2D eigenvalue weighted by Gasteiger charge is -2.15. The molecule has 1 atom stereocenters. The fraction of sp³-hybridized carbons (Fsp3) is 0.222. The van der Waals surface area contributed by atoms with Crippen molar-refractivity contribution in [2.75, 3.05) is 11.9 Å². The molecule has 1 saturated heterocycles. The van der Waals surface area contributed by atoms with Crippen LogP contribution in [0.2, 0.25) is 5.02 Å². The number of hydrogen-bond acceptors (Lipinski definition) is 5. The molecule has 0 aromatic heterocycles. The highest BCUT2D eigenvalue weighted by atomic mass is 35.5. The van der Waals surface area contributed by atoms with Crippen LogP contribution in [0.1, 0.15) is 30.5 Å². The van der Waals surface area contributed by atoms with Gasteiger partial charge in [0.2, 0.25) is 0 Å². The van der Waals surface area contributed by atoms with Crippen LogP contribution in [0.5, 0.6) is 11.5 Å². The monoisotopic (exact) mass is 512 g/mol. The van der Waals surface area contributed by atoms with Crippen molar-refractivity contribution in [2.24, 2.45) is 0 Å². The molecule has 1 fully saturated rings. The van der Waals surface area contributed by atoms with Gasteiger partial charge in [-0.15, -0.1) is 0 Å². The number of ether oxygens (including phenoxy) is 2. The first-order valence-corrected chi connectivity index (χ1v) is 12.6. The first kappa shape index (κ1) is 24.9. The molecule has 0 aliphatic carbocycles. The van der Waals surface area contributed by atoms with Crippen molar-refractivity contribution in [1.82, 2.24) is 5.32 Å². The maximum absolute atomic E-state index is 13.5. The number of carbonyl (C=O) groups is 1. The van der Waals surface area contributed by atoms with Crippen LogP contribution in [0.25, 0.3) is 6.08 Å². The highest BCUT2D eigenvalue weighted by Gasteiger charge is 2.27. The van der Waals surface area contributed by atoms with Crippen LogP contribution in [0, 0.1) is 5.82 Å². The summed E-state index contributed by atoms with van der Waals surface area (Å²) in [7, 11) is 0. The molecule has 182 valence electrons. The van der Waals surface area contributed by atoms with Gasteiger partial charge in [0, 0.05) is 5.69 Å². The summed E-state index contributed by atoms with van der Waals surface area (Å²) in [5, 5.41) is 6.60. The predicted molar refractivity (Wildman–Crippen MR) is 140 cm³/mol. The van der Waals surface area contributed by atoms with Crippen molar-refractivity contribution >= 4 is 41.0 Å². The number of aryl methyl sites for hydroxylation is 1. The van der Waals surface area contributed by atoms with Crippen molar-refractivity contribution in [3.63, 3.8) is 0 Å². The molecule has 1 amide bonds. The van der Waals surface area contributed by atoms with Gasteiger partial charge < -0.3 is 20.1 Å². The molecular weight excluding hydrogens is 487 g/mol. The van der Waals surface area contributed by atoms with Crippen molar-refractivity contribution in [2.45, 2.75) is 32.4 Å². The lowest BCUT2D eigenvalue weighted by Crippen LogP contribution is -2.30. The zero-order valence-corrected chi connectivity index (χ0v) is 21.0. The highest BCUT2D eigenvalue weighted by molar-refractivity contribution is 8.05. The Morgan fingerprint density at radius 3 is 2.60 bits per heavy atom. The molecule has 3 aromatic carbocycles. The standard InChI is InChI=1S/C27H26ClFN2O3S/c1-3-17-8-10-21(11-9-17)30-27-31-26(32)24(35-27)15-19-13-22(28)25(23(14-19)33-4-2)34-16-18-6-5-7-20(29)12-18/h5-15,27,30H,3-4,16H2,1-2H3,(H,31,32)/b24-15-/t27-/m0/s1. The number of halogens is 2. The summed E-state index contributed by atoms with van der Waals surface area (Å²) >= 11 is 7.92. The van der Waals surface area contributed by atoms with Crippen LogP contribution in [0.15, 0.2) is 65.6 Å². The lowest BCUT2D eigenvalue weighted by molar-refractivity contribution is -0.116. The smallest absolute Gasteiger partial charge is 0.260 e. The number of hydrogen-bond donors (Lipinski definition) is 2. The quantitative estimate of drug-likeness (QED) is 0.315. The van der Waals surface area contributed by atoms with E-state index in [4.69, 9.17) is 21.1 Å². The van der Waals surface area contributed by atoms with E-state index < -0.39 is 0 Å². The predicted octanol–water partition coefficient (Wildman–Crippen LogP) is 6.62. The summed E-state index contributed by atoms with van der Waals surface area (Å²) < 4.78 is 25.1. The number of rotatable bonds is 9. The summed E-state index contributed by atoms with van der Waals surface area (Å²) in [6, 6.07) is 17.8. The first-order chi connectivity index (χ1) is 16.9. The number of benzene rings is 3. The molecule has 4 rings (SSSR count). The maximum atomic E-state index is 13.5. The molecule has 8 heteroatoms. The van der Waals surface area contributed by atoms with Crippen LogP contribution in [-0.2, 0) is 17.8 Å². The first-order valence-electron chi connectivity index (χ1n) is 11.3. The van der Waals surface area contributed by atoms with Crippen LogP contribution < -0.4 is 20.1 Å².